The molecule has 1 fully saturated rings. The molecule has 1 saturated heterocycles. The first-order chi connectivity index (χ1) is 8.84. The van der Waals surface area contributed by atoms with Crippen LogP contribution in [0.2, 0.25) is 0 Å². The molecule has 0 saturated carbocycles. The summed E-state index contributed by atoms with van der Waals surface area (Å²) in [4.78, 5) is 4.77. The van der Waals surface area contributed by atoms with Crippen molar-refractivity contribution in [1.82, 2.24) is 4.98 Å². The Hall–Kier alpha value is -0.650. The second-order valence-electron chi connectivity index (χ2n) is 4.09. The van der Waals surface area contributed by atoms with E-state index in [9.17, 15) is 0 Å². The van der Waals surface area contributed by atoms with Crippen LogP contribution in [-0.2, 0) is 0 Å². The molecule has 1 unspecified atom stereocenters. The molecule has 3 rings (SSSR count). The second kappa shape index (κ2) is 5.55. The van der Waals surface area contributed by atoms with Gasteiger partial charge in [0.25, 0.3) is 0 Å². The number of benzene rings is 1. The minimum absolute atomic E-state index is 0.562. The van der Waals surface area contributed by atoms with E-state index in [1.165, 1.54) is 22.3 Å². The molecule has 1 atom stereocenters. The van der Waals surface area contributed by atoms with Gasteiger partial charge in [-0.2, -0.15) is 11.8 Å². The van der Waals surface area contributed by atoms with E-state index >= 15 is 0 Å². The van der Waals surface area contributed by atoms with E-state index in [-0.39, 0.29) is 0 Å². The molecule has 0 aliphatic carbocycles. The number of nitrogen functional groups attached to an aromatic ring is 1. The molecule has 1 aliphatic rings. The number of hydrogen-bond acceptors (Lipinski definition) is 5. The Morgan fingerprint density at radius 3 is 2.89 bits per heavy atom. The highest BCUT2D eigenvalue weighted by Gasteiger charge is 2.20. The number of anilines is 1. The Kier molecular flexibility index (Phi) is 3.82. The first-order valence-electron chi connectivity index (χ1n) is 5.84. The van der Waals surface area contributed by atoms with E-state index in [4.69, 9.17) is 10.7 Å². The van der Waals surface area contributed by atoms with Gasteiger partial charge in [-0.15, -0.1) is 23.1 Å². The first kappa shape index (κ1) is 12.4. The predicted molar refractivity (Wildman–Crippen MR) is 84.5 cm³/mol. The zero-order valence-corrected chi connectivity index (χ0v) is 12.3. The van der Waals surface area contributed by atoms with Gasteiger partial charge in [-0.05, 0) is 6.07 Å². The van der Waals surface area contributed by atoms with Crippen LogP contribution in [-0.4, -0.2) is 22.2 Å². The van der Waals surface area contributed by atoms with Crippen LogP contribution in [0, 0.1) is 0 Å². The largest absolute Gasteiger partial charge is 0.398 e. The minimum atomic E-state index is 0.562. The summed E-state index contributed by atoms with van der Waals surface area (Å²) in [6, 6.07) is 7.94. The molecule has 1 aromatic heterocycles. The van der Waals surface area contributed by atoms with Crippen LogP contribution in [0.4, 0.5) is 5.69 Å². The molecular weight excluding hydrogens is 280 g/mol. The molecule has 18 heavy (non-hydrogen) atoms. The lowest BCUT2D eigenvalue weighted by atomic mass is 10.1. The monoisotopic (exact) mass is 294 g/mol. The van der Waals surface area contributed by atoms with Crippen LogP contribution in [0.5, 0.6) is 0 Å². The molecule has 5 heteroatoms. The lowest BCUT2D eigenvalue weighted by Gasteiger charge is -2.18. The molecule has 2 aromatic rings. The Balaban J connectivity index is 1.87. The Labute approximate surface area is 119 Å². The average Bonchev–Trinajstić information content (AvgIpc) is 2.90. The molecule has 1 aliphatic heterocycles. The number of nitrogens with zero attached hydrogens (tertiary/aromatic N) is 1. The molecule has 2 nitrogen and oxygen atoms in total. The Bertz CT molecular complexity index is 533. The van der Waals surface area contributed by atoms with Gasteiger partial charge in [0.1, 0.15) is 5.01 Å². The fourth-order valence-corrected chi connectivity index (χ4v) is 5.74. The van der Waals surface area contributed by atoms with E-state index in [0.29, 0.717) is 5.25 Å². The number of rotatable bonds is 2. The molecular formula is C13H14N2S3. The fourth-order valence-electron chi connectivity index (χ4n) is 1.92. The van der Waals surface area contributed by atoms with Gasteiger partial charge in [0.15, 0.2) is 0 Å². The van der Waals surface area contributed by atoms with Crippen molar-refractivity contribution in [2.45, 2.75) is 5.25 Å². The van der Waals surface area contributed by atoms with Gasteiger partial charge in [0.05, 0.1) is 10.9 Å². The smallest absolute Gasteiger partial charge is 0.107 e. The number of hydrogen-bond donors (Lipinski definition) is 1. The van der Waals surface area contributed by atoms with E-state index in [0.717, 1.165) is 16.9 Å². The zero-order valence-electron chi connectivity index (χ0n) is 9.83. The SMILES string of the molecule is Nc1ccccc1-c1csc(C2CSCCS2)n1. The lowest BCUT2D eigenvalue weighted by molar-refractivity contribution is 1.07. The third kappa shape index (κ3) is 2.53. The molecule has 0 amide bonds. The third-order valence-corrected chi connectivity index (χ3v) is 6.72. The van der Waals surface area contributed by atoms with E-state index in [1.807, 2.05) is 47.8 Å². The summed E-state index contributed by atoms with van der Waals surface area (Å²) >= 11 is 5.81. The van der Waals surface area contributed by atoms with Crippen molar-refractivity contribution in [2.24, 2.45) is 0 Å². The van der Waals surface area contributed by atoms with Crippen LogP contribution < -0.4 is 5.73 Å². The summed E-state index contributed by atoms with van der Waals surface area (Å²) < 4.78 is 0. The average molecular weight is 294 g/mol. The van der Waals surface area contributed by atoms with Crippen molar-refractivity contribution in [3.8, 4) is 11.3 Å². The molecule has 0 radical (unpaired) electrons. The van der Waals surface area contributed by atoms with Crippen LogP contribution in [0.1, 0.15) is 10.3 Å². The fraction of sp³-hybridized carbons (Fsp3) is 0.308. The van der Waals surface area contributed by atoms with E-state index < -0.39 is 0 Å². The number of nitrogens with two attached hydrogens (primary N) is 1. The quantitative estimate of drug-likeness (QED) is 0.852. The summed E-state index contributed by atoms with van der Waals surface area (Å²) in [6.45, 7) is 0. The summed E-state index contributed by atoms with van der Waals surface area (Å²) in [7, 11) is 0. The van der Waals surface area contributed by atoms with Crippen LogP contribution >= 0.6 is 34.9 Å². The molecule has 1 aromatic carbocycles. The maximum Gasteiger partial charge on any atom is 0.107 e. The van der Waals surface area contributed by atoms with Gasteiger partial charge in [-0.1, -0.05) is 18.2 Å². The van der Waals surface area contributed by atoms with Crippen LogP contribution in [0.15, 0.2) is 29.6 Å². The van der Waals surface area contributed by atoms with Gasteiger partial charge in [-0.25, -0.2) is 4.98 Å². The van der Waals surface area contributed by atoms with Crippen molar-refractivity contribution < 1.29 is 0 Å². The maximum absolute atomic E-state index is 6.00. The van der Waals surface area contributed by atoms with E-state index in [1.54, 1.807) is 11.3 Å². The molecule has 0 spiro atoms. The van der Waals surface area contributed by atoms with Gasteiger partial charge in [-0.3, -0.25) is 0 Å². The standard InChI is InChI=1S/C13H14N2S3/c14-10-4-2-1-3-9(10)11-7-18-13(15-11)12-8-16-5-6-17-12/h1-4,7,12H,5-6,8,14H2. The highest BCUT2D eigenvalue weighted by molar-refractivity contribution is 8.06. The third-order valence-electron chi connectivity index (χ3n) is 2.85. The highest BCUT2D eigenvalue weighted by Crippen LogP contribution is 2.39. The topological polar surface area (TPSA) is 38.9 Å². The number of thiazole rings is 1. The van der Waals surface area contributed by atoms with Crippen molar-refractivity contribution in [3.63, 3.8) is 0 Å². The van der Waals surface area contributed by atoms with E-state index in [2.05, 4.69) is 5.38 Å². The van der Waals surface area contributed by atoms with Gasteiger partial charge in [0, 0.05) is 33.9 Å². The highest BCUT2D eigenvalue weighted by atomic mass is 32.2. The van der Waals surface area contributed by atoms with Gasteiger partial charge < -0.3 is 5.73 Å². The zero-order chi connectivity index (χ0) is 12.4. The molecule has 94 valence electrons. The number of thioether (sulfide) groups is 2. The summed E-state index contributed by atoms with van der Waals surface area (Å²) in [5, 5.41) is 3.93. The van der Waals surface area contributed by atoms with Crippen LogP contribution in [0.3, 0.4) is 0 Å². The van der Waals surface area contributed by atoms with Crippen molar-refractivity contribution >= 4 is 40.5 Å². The molecule has 2 heterocycles. The van der Waals surface area contributed by atoms with Crippen molar-refractivity contribution in [1.29, 1.82) is 0 Å². The second-order valence-corrected chi connectivity index (χ2v) is 7.44. The minimum Gasteiger partial charge on any atom is -0.398 e. The Morgan fingerprint density at radius 1 is 1.22 bits per heavy atom. The number of para-hydroxylation sites is 1. The van der Waals surface area contributed by atoms with Crippen LogP contribution in [0.25, 0.3) is 11.3 Å². The maximum atomic E-state index is 6.00. The van der Waals surface area contributed by atoms with Gasteiger partial charge >= 0.3 is 0 Å². The number of aromatic nitrogens is 1. The lowest BCUT2D eigenvalue weighted by Crippen LogP contribution is -2.06. The normalized spacial score (nSPS) is 19.9. The first-order valence-corrected chi connectivity index (χ1v) is 8.92. The van der Waals surface area contributed by atoms with Crippen molar-refractivity contribution in [2.75, 3.05) is 23.0 Å². The summed E-state index contributed by atoms with van der Waals surface area (Å²) in [6.07, 6.45) is 0. The summed E-state index contributed by atoms with van der Waals surface area (Å²) in [5.74, 6) is 3.69. The predicted octanol–water partition coefficient (Wildman–Crippen LogP) is 3.91. The molecule has 0 bridgehead atoms. The molecule has 2 N–H and O–H groups in total. The Morgan fingerprint density at radius 2 is 2.11 bits per heavy atom. The summed E-state index contributed by atoms with van der Waals surface area (Å²) in [5.41, 5.74) is 8.87. The van der Waals surface area contributed by atoms with Gasteiger partial charge in [0.2, 0.25) is 0 Å². The van der Waals surface area contributed by atoms with Crippen molar-refractivity contribution in [3.05, 3.63) is 34.7 Å².